The van der Waals surface area contributed by atoms with Gasteiger partial charge >= 0.3 is 29.6 Å². The maximum Gasteiger partial charge on any atom is 1.00 e. The molecule has 0 spiro atoms. The van der Waals surface area contributed by atoms with Crippen LogP contribution in [0.15, 0.2) is 135 Å². The summed E-state index contributed by atoms with van der Waals surface area (Å²) in [7, 11) is -8.60. The van der Waals surface area contributed by atoms with Crippen molar-refractivity contribution in [1.29, 1.82) is 0 Å². The molecule has 236 valence electrons. The number of rotatable bonds is 9. The van der Waals surface area contributed by atoms with Crippen molar-refractivity contribution in [3.8, 4) is 0 Å². The van der Waals surface area contributed by atoms with Crippen molar-refractivity contribution in [2.45, 2.75) is 36.7 Å². The fourth-order valence-electron chi connectivity index (χ4n) is 5.14. The van der Waals surface area contributed by atoms with Gasteiger partial charge in [-0.3, -0.25) is 14.1 Å². The number of hydrogen-bond donors (Lipinski definition) is 3. The second kappa shape index (κ2) is 15.3. The molecule has 5 rings (SSSR count). The smallest absolute Gasteiger partial charge is 0.381 e. The van der Waals surface area contributed by atoms with E-state index in [0.29, 0.717) is 22.7 Å². The van der Waals surface area contributed by atoms with E-state index in [1.54, 1.807) is 24.3 Å². The van der Waals surface area contributed by atoms with Crippen LogP contribution in [0.4, 0.5) is 5.69 Å². The van der Waals surface area contributed by atoms with Crippen molar-refractivity contribution in [1.82, 2.24) is 0 Å². The Hall–Kier alpha value is -3.32. The van der Waals surface area contributed by atoms with E-state index in [1.165, 1.54) is 24.3 Å². The first-order valence-electron chi connectivity index (χ1n) is 14.2. The van der Waals surface area contributed by atoms with E-state index in [2.05, 4.69) is 16.4 Å². The van der Waals surface area contributed by atoms with Gasteiger partial charge in [-0.2, -0.15) is 16.8 Å². The minimum Gasteiger partial charge on any atom is -0.381 e. The van der Waals surface area contributed by atoms with Gasteiger partial charge in [0.2, 0.25) is 0 Å². The summed E-state index contributed by atoms with van der Waals surface area (Å²) in [5, 5.41) is 3.95. The fraction of sp³-hybridized carbons (Fsp3) is 0.114. The molecule has 0 bridgehead atoms. The van der Waals surface area contributed by atoms with Gasteiger partial charge in [0, 0.05) is 22.8 Å². The molecule has 0 aromatic heterocycles. The van der Waals surface area contributed by atoms with E-state index in [1.807, 2.05) is 68.5 Å². The summed E-state index contributed by atoms with van der Waals surface area (Å²) in [6.45, 7) is 4.53. The number of nitrogens with zero attached hydrogens (tertiary/aromatic N) is 1. The molecule has 4 aromatic rings. The Balaban J connectivity index is 0.00000500. The number of anilines is 1. The SMILES string of the molecule is CC1=CC(=C(c2ccc(NCc3cccc(S(=O)(=O)O)c3)c(C)c2)c2ccccc2Cl)C=CC1=NCc1cccc(S(=O)(=O)O)c1.[Na+]. The molecule has 1 aliphatic rings. The quantitative estimate of drug-likeness (QED) is 0.170. The zero-order valence-corrected chi connectivity index (χ0v) is 30.4. The van der Waals surface area contributed by atoms with Crippen LogP contribution in [0.25, 0.3) is 5.57 Å². The summed E-state index contributed by atoms with van der Waals surface area (Å²) in [6, 6.07) is 25.9. The Morgan fingerprint density at radius 2 is 1.43 bits per heavy atom. The summed E-state index contributed by atoms with van der Waals surface area (Å²) in [5.41, 5.74) is 8.49. The van der Waals surface area contributed by atoms with Gasteiger partial charge in [0.25, 0.3) is 20.2 Å². The van der Waals surface area contributed by atoms with Crippen LogP contribution < -0.4 is 34.9 Å². The Morgan fingerprint density at radius 3 is 2.04 bits per heavy atom. The van der Waals surface area contributed by atoms with Crippen LogP contribution in [0.1, 0.15) is 34.7 Å². The molecule has 8 nitrogen and oxygen atoms in total. The van der Waals surface area contributed by atoms with Gasteiger partial charge in [0.1, 0.15) is 0 Å². The maximum atomic E-state index is 11.5. The van der Waals surface area contributed by atoms with Crippen LogP contribution in [-0.4, -0.2) is 31.7 Å². The number of nitrogens with one attached hydrogen (secondary N) is 1. The van der Waals surface area contributed by atoms with E-state index in [0.717, 1.165) is 44.8 Å². The number of aliphatic imine (C=N–C) groups is 1. The molecule has 0 saturated heterocycles. The molecule has 0 fully saturated rings. The second-order valence-corrected chi connectivity index (χ2v) is 14.1. The van der Waals surface area contributed by atoms with Crippen LogP contribution in [-0.2, 0) is 33.3 Å². The molecular weight excluding hydrogens is 667 g/mol. The predicted octanol–water partition coefficient (Wildman–Crippen LogP) is 4.72. The molecule has 0 aliphatic heterocycles. The van der Waals surface area contributed by atoms with Crippen LogP contribution in [0.5, 0.6) is 0 Å². The molecule has 4 aromatic carbocycles. The Bertz CT molecular complexity index is 2180. The summed E-state index contributed by atoms with van der Waals surface area (Å²) < 4.78 is 64.9. The van der Waals surface area contributed by atoms with Gasteiger partial charge in [0.05, 0.1) is 22.0 Å². The molecular formula is C35H31ClN2NaO6S2+. The first-order chi connectivity index (χ1) is 21.8. The van der Waals surface area contributed by atoms with Gasteiger partial charge in [-0.05, 0) is 107 Å². The van der Waals surface area contributed by atoms with Crippen LogP contribution in [0, 0.1) is 6.92 Å². The first kappa shape index (κ1) is 36.5. The zero-order valence-electron chi connectivity index (χ0n) is 26.0. The van der Waals surface area contributed by atoms with Gasteiger partial charge in [-0.1, -0.05) is 66.2 Å². The molecule has 0 heterocycles. The minimum absolute atomic E-state index is 0. The standard InChI is InChI=1S/C35H31ClN2O6S2.Na/c1-23-17-27(13-15-33(23)37-21-25-7-5-9-29(19-25)45(39,40)41)35(31-11-3-4-12-32(31)36)28-14-16-34(24(2)18-28)38-22-26-8-6-10-30(20-26)46(42,43)44;/h3-20,37H,21-22H2,1-2H3,(H,39,40,41)(H,42,43,44);/q;+1. The van der Waals surface area contributed by atoms with E-state index in [4.69, 9.17) is 11.6 Å². The minimum atomic E-state index is -4.30. The average Bonchev–Trinajstić information content (AvgIpc) is 3.01. The van der Waals surface area contributed by atoms with Gasteiger partial charge in [0.15, 0.2) is 0 Å². The van der Waals surface area contributed by atoms with Gasteiger partial charge in [-0.25, -0.2) is 0 Å². The summed E-state index contributed by atoms with van der Waals surface area (Å²) in [5.74, 6) is 0. The fourth-order valence-corrected chi connectivity index (χ4v) is 6.47. The van der Waals surface area contributed by atoms with Crippen molar-refractivity contribution >= 4 is 48.8 Å². The molecule has 0 atom stereocenters. The molecule has 47 heavy (non-hydrogen) atoms. The number of benzene rings is 4. The third-order valence-corrected chi connectivity index (χ3v) is 9.48. The third-order valence-electron chi connectivity index (χ3n) is 7.45. The normalized spacial score (nSPS) is 15.2. The van der Waals surface area contributed by atoms with E-state index < -0.39 is 20.2 Å². The van der Waals surface area contributed by atoms with Crippen molar-refractivity contribution in [2.75, 3.05) is 5.32 Å². The Kier molecular flexibility index (Phi) is 11.9. The number of hydrogen-bond acceptors (Lipinski definition) is 6. The van der Waals surface area contributed by atoms with E-state index in [9.17, 15) is 25.9 Å². The van der Waals surface area contributed by atoms with Crippen molar-refractivity contribution in [3.05, 3.63) is 153 Å². The molecule has 0 amide bonds. The first-order valence-corrected chi connectivity index (χ1v) is 17.4. The van der Waals surface area contributed by atoms with Gasteiger partial charge < -0.3 is 5.32 Å². The summed E-state index contributed by atoms with van der Waals surface area (Å²) in [4.78, 5) is 4.36. The van der Waals surface area contributed by atoms with Crippen molar-refractivity contribution in [3.63, 3.8) is 0 Å². The third kappa shape index (κ3) is 9.19. The predicted molar refractivity (Wildman–Crippen MR) is 183 cm³/mol. The molecule has 1 aliphatic carbocycles. The van der Waals surface area contributed by atoms with Crippen molar-refractivity contribution in [2.24, 2.45) is 4.99 Å². The largest absolute Gasteiger partial charge is 1.00 e. The molecule has 3 N–H and O–H groups in total. The van der Waals surface area contributed by atoms with E-state index >= 15 is 0 Å². The van der Waals surface area contributed by atoms with Crippen LogP contribution in [0.2, 0.25) is 5.02 Å². The monoisotopic (exact) mass is 697 g/mol. The summed E-state index contributed by atoms with van der Waals surface area (Å²) in [6.07, 6.45) is 5.93. The number of allylic oxidation sites excluding steroid dienone is 5. The van der Waals surface area contributed by atoms with E-state index in [-0.39, 0.29) is 45.9 Å². The Labute approximate surface area is 302 Å². The Morgan fingerprint density at radius 1 is 0.787 bits per heavy atom. The van der Waals surface area contributed by atoms with Crippen LogP contribution in [0.3, 0.4) is 0 Å². The second-order valence-electron chi connectivity index (χ2n) is 10.8. The summed E-state index contributed by atoms with van der Waals surface area (Å²) >= 11 is 6.71. The molecule has 0 saturated carbocycles. The zero-order chi connectivity index (χ0) is 33.1. The van der Waals surface area contributed by atoms with Crippen LogP contribution >= 0.6 is 11.6 Å². The number of halogens is 1. The molecule has 12 heteroatoms. The van der Waals surface area contributed by atoms with Crippen molar-refractivity contribution < 1.29 is 55.5 Å². The molecule has 0 unspecified atom stereocenters. The average molecular weight is 698 g/mol. The maximum absolute atomic E-state index is 11.5. The topological polar surface area (TPSA) is 133 Å². The van der Waals surface area contributed by atoms with Gasteiger partial charge in [-0.15, -0.1) is 0 Å². The number of aryl methyl sites for hydroxylation is 1. The molecule has 0 radical (unpaired) electrons.